The molecule has 1 aromatic rings. The van der Waals surface area contributed by atoms with Crippen molar-refractivity contribution < 1.29 is 0 Å². The molecular formula is C13H18ClNS. The third-order valence-corrected chi connectivity index (χ3v) is 4.58. The van der Waals surface area contributed by atoms with Crippen LogP contribution in [-0.2, 0) is 0 Å². The zero-order chi connectivity index (χ0) is 11.6. The minimum atomic E-state index is 0.369. The van der Waals surface area contributed by atoms with Crippen LogP contribution in [0.1, 0.15) is 20.3 Å². The summed E-state index contributed by atoms with van der Waals surface area (Å²) in [5, 5.41) is 4.40. The Morgan fingerprint density at radius 2 is 2.25 bits per heavy atom. The quantitative estimate of drug-likeness (QED) is 0.847. The van der Waals surface area contributed by atoms with Crippen molar-refractivity contribution in [1.29, 1.82) is 0 Å². The maximum absolute atomic E-state index is 5.99. The summed E-state index contributed by atoms with van der Waals surface area (Å²) >= 11 is 8.02. The Morgan fingerprint density at radius 1 is 1.44 bits per heavy atom. The number of hydrogen-bond donors (Lipinski definition) is 1. The highest BCUT2D eigenvalue weighted by Crippen LogP contribution is 2.36. The second kappa shape index (κ2) is 4.89. The predicted molar refractivity (Wildman–Crippen MR) is 74.6 cm³/mol. The van der Waals surface area contributed by atoms with Gasteiger partial charge in [0.25, 0.3) is 0 Å². The minimum absolute atomic E-state index is 0.369. The van der Waals surface area contributed by atoms with Crippen molar-refractivity contribution in [3.63, 3.8) is 0 Å². The van der Waals surface area contributed by atoms with Crippen LogP contribution in [0, 0.1) is 5.41 Å². The second-order valence-electron chi connectivity index (χ2n) is 5.02. The van der Waals surface area contributed by atoms with E-state index in [9.17, 15) is 0 Å². The lowest BCUT2D eigenvalue weighted by Crippen LogP contribution is -2.41. The zero-order valence-corrected chi connectivity index (χ0v) is 11.4. The minimum Gasteiger partial charge on any atom is -0.381 e. The van der Waals surface area contributed by atoms with E-state index in [1.165, 1.54) is 17.9 Å². The molecule has 1 fully saturated rings. The molecule has 3 heteroatoms. The number of benzene rings is 1. The second-order valence-corrected chi connectivity index (χ2v) is 6.61. The number of rotatable bonds is 2. The molecule has 1 aliphatic rings. The Bertz CT molecular complexity index is 365. The highest BCUT2D eigenvalue weighted by molar-refractivity contribution is 7.99. The van der Waals surface area contributed by atoms with Crippen molar-refractivity contribution in [3.05, 3.63) is 29.3 Å². The lowest BCUT2D eigenvalue weighted by molar-refractivity contribution is 0.305. The molecule has 88 valence electrons. The summed E-state index contributed by atoms with van der Waals surface area (Å²) in [6.45, 7) is 4.68. The van der Waals surface area contributed by atoms with Gasteiger partial charge in [0.1, 0.15) is 0 Å². The van der Waals surface area contributed by atoms with Gasteiger partial charge in [0.2, 0.25) is 0 Å². The molecule has 0 aliphatic carbocycles. The van der Waals surface area contributed by atoms with Gasteiger partial charge < -0.3 is 5.32 Å². The van der Waals surface area contributed by atoms with Crippen LogP contribution in [0.4, 0.5) is 5.69 Å². The van der Waals surface area contributed by atoms with Crippen LogP contribution in [0.25, 0.3) is 0 Å². The summed E-state index contributed by atoms with van der Waals surface area (Å²) in [4.78, 5) is 0. The van der Waals surface area contributed by atoms with Gasteiger partial charge in [0.05, 0.1) is 0 Å². The van der Waals surface area contributed by atoms with Gasteiger partial charge in [-0.15, -0.1) is 0 Å². The summed E-state index contributed by atoms with van der Waals surface area (Å²) in [7, 11) is 0. The summed E-state index contributed by atoms with van der Waals surface area (Å²) in [6.07, 6.45) is 1.27. The predicted octanol–water partition coefficient (Wildman–Crippen LogP) is 4.28. The van der Waals surface area contributed by atoms with E-state index in [2.05, 4.69) is 25.2 Å². The van der Waals surface area contributed by atoms with Crippen LogP contribution in [0.5, 0.6) is 0 Å². The zero-order valence-electron chi connectivity index (χ0n) is 9.79. The topological polar surface area (TPSA) is 12.0 Å². The van der Waals surface area contributed by atoms with Gasteiger partial charge in [-0.25, -0.2) is 0 Å². The van der Waals surface area contributed by atoms with Crippen molar-refractivity contribution in [2.24, 2.45) is 5.41 Å². The molecule has 16 heavy (non-hydrogen) atoms. The molecule has 1 N–H and O–H groups in total. The van der Waals surface area contributed by atoms with Gasteiger partial charge >= 0.3 is 0 Å². The van der Waals surface area contributed by atoms with E-state index in [0.29, 0.717) is 11.5 Å². The molecule has 1 heterocycles. The Balaban J connectivity index is 2.08. The number of nitrogens with one attached hydrogen (secondary N) is 1. The molecule has 0 aromatic heterocycles. The van der Waals surface area contributed by atoms with Crippen LogP contribution in [0.2, 0.25) is 5.02 Å². The Hall–Kier alpha value is -0.340. The molecule has 0 radical (unpaired) electrons. The third-order valence-electron chi connectivity index (χ3n) is 3.28. The molecular weight excluding hydrogens is 238 g/mol. The first-order valence-corrected chi connectivity index (χ1v) is 7.21. The SMILES string of the molecule is CC1(C)CCSCC1Nc1cccc(Cl)c1. The number of thioether (sulfide) groups is 1. The van der Waals surface area contributed by atoms with Crippen LogP contribution in [0.15, 0.2) is 24.3 Å². The van der Waals surface area contributed by atoms with E-state index in [0.717, 1.165) is 10.7 Å². The Labute approximate surface area is 107 Å². The molecule has 1 nitrogen and oxygen atoms in total. The van der Waals surface area contributed by atoms with E-state index < -0.39 is 0 Å². The standard InChI is InChI=1S/C13H18ClNS/c1-13(2)6-7-16-9-12(13)15-11-5-3-4-10(14)8-11/h3-5,8,12,15H,6-7,9H2,1-2H3. The van der Waals surface area contributed by atoms with E-state index in [-0.39, 0.29) is 0 Å². The van der Waals surface area contributed by atoms with Gasteiger partial charge in [0.15, 0.2) is 0 Å². The lowest BCUT2D eigenvalue weighted by atomic mass is 9.82. The molecule has 1 saturated heterocycles. The van der Waals surface area contributed by atoms with Crippen LogP contribution < -0.4 is 5.32 Å². The van der Waals surface area contributed by atoms with Crippen molar-refractivity contribution in [3.8, 4) is 0 Å². The maximum Gasteiger partial charge on any atom is 0.0426 e. The van der Waals surface area contributed by atoms with Gasteiger partial charge in [-0.05, 0) is 35.8 Å². The summed E-state index contributed by atoms with van der Waals surface area (Å²) < 4.78 is 0. The molecule has 2 rings (SSSR count). The van der Waals surface area contributed by atoms with Crippen molar-refractivity contribution in [2.45, 2.75) is 26.3 Å². The number of anilines is 1. The first kappa shape index (κ1) is 12.1. The van der Waals surface area contributed by atoms with Crippen LogP contribution in [0.3, 0.4) is 0 Å². The number of hydrogen-bond acceptors (Lipinski definition) is 2. The molecule has 0 saturated carbocycles. The first-order chi connectivity index (χ1) is 7.58. The summed E-state index contributed by atoms with van der Waals surface area (Å²) in [5.41, 5.74) is 1.50. The number of halogens is 1. The van der Waals surface area contributed by atoms with Gasteiger partial charge in [0, 0.05) is 22.5 Å². The first-order valence-electron chi connectivity index (χ1n) is 5.68. The largest absolute Gasteiger partial charge is 0.381 e. The average molecular weight is 256 g/mol. The lowest BCUT2D eigenvalue weighted by Gasteiger charge is -2.39. The Kier molecular flexibility index (Phi) is 3.70. The Morgan fingerprint density at radius 3 is 2.94 bits per heavy atom. The third kappa shape index (κ3) is 2.86. The van der Waals surface area contributed by atoms with Gasteiger partial charge in [-0.3, -0.25) is 0 Å². The highest BCUT2D eigenvalue weighted by Gasteiger charge is 2.32. The smallest absolute Gasteiger partial charge is 0.0426 e. The fraction of sp³-hybridized carbons (Fsp3) is 0.538. The average Bonchev–Trinajstić information content (AvgIpc) is 2.21. The van der Waals surface area contributed by atoms with Crippen molar-refractivity contribution >= 4 is 29.1 Å². The van der Waals surface area contributed by atoms with Gasteiger partial charge in [-0.2, -0.15) is 11.8 Å². The summed E-state index contributed by atoms with van der Waals surface area (Å²) in [6, 6.07) is 8.52. The molecule has 0 bridgehead atoms. The van der Waals surface area contributed by atoms with Crippen molar-refractivity contribution in [2.75, 3.05) is 16.8 Å². The summed E-state index contributed by atoms with van der Waals surface area (Å²) in [5.74, 6) is 2.46. The molecule has 0 amide bonds. The molecule has 1 atom stereocenters. The maximum atomic E-state index is 5.99. The van der Waals surface area contributed by atoms with E-state index in [1.54, 1.807) is 0 Å². The molecule has 1 aliphatic heterocycles. The van der Waals surface area contributed by atoms with Crippen LogP contribution >= 0.6 is 23.4 Å². The van der Waals surface area contributed by atoms with E-state index in [1.807, 2.05) is 30.0 Å². The molecule has 1 unspecified atom stereocenters. The molecule has 1 aromatic carbocycles. The van der Waals surface area contributed by atoms with E-state index >= 15 is 0 Å². The fourth-order valence-electron chi connectivity index (χ4n) is 1.95. The monoisotopic (exact) mass is 255 g/mol. The molecule has 0 spiro atoms. The van der Waals surface area contributed by atoms with Crippen molar-refractivity contribution in [1.82, 2.24) is 0 Å². The van der Waals surface area contributed by atoms with Gasteiger partial charge in [-0.1, -0.05) is 31.5 Å². The van der Waals surface area contributed by atoms with E-state index in [4.69, 9.17) is 11.6 Å². The highest BCUT2D eigenvalue weighted by atomic mass is 35.5. The normalized spacial score (nSPS) is 24.1. The van der Waals surface area contributed by atoms with Crippen LogP contribution in [-0.4, -0.2) is 17.5 Å². The fourth-order valence-corrected chi connectivity index (χ4v) is 3.75.